The Morgan fingerprint density at radius 3 is 2.44 bits per heavy atom. The van der Waals surface area contributed by atoms with E-state index < -0.39 is 27.9 Å². The van der Waals surface area contributed by atoms with Crippen molar-refractivity contribution in [3.05, 3.63) is 49.0 Å². The predicted molar refractivity (Wildman–Crippen MR) is 54.3 cm³/mol. The van der Waals surface area contributed by atoms with Crippen molar-refractivity contribution in [1.29, 1.82) is 0 Å². The molecule has 0 bridgehead atoms. The molecule has 0 aliphatic carbocycles. The van der Waals surface area contributed by atoms with E-state index in [0.29, 0.717) is 0 Å². The maximum Gasteiger partial charge on any atom is 0.288 e. The summed E-state index contributed by atoms with van der Waals surface area (Å²) in [6, 6.07) is 3.57. The standard InChI is InChI=1S/C8H5ClN2O5/c9-8-5(7(12)4-10(13)14)2-1-3-6(8)11(15)16/h1-3H,4H2. The summed E-state index contributed by atoms with van der Waals surface area (Å²) >= 11 is 5.60. The topological polar surface area (TPSA) is 103 Å². The molecule has 0 amide bonds. The Kier molecular flexibility index (Phi) is 3.51. The molecule has 0 radical (unpaired) electrons. The zero-order valence-electron chi connectivity index (χ0n) is 7.75. The second-order valence-electron chi connectivity index (χ2n) is 2.81. The van der Waals surface area contributed by atoms with Crippen LogP contribution in [-0.2, 0) is 0 Å². The molecule has 0 N–H and O–H groups in total. The van der Waals surface area contributed by atoms with Crippen LogP contribution >= 0.6 is 11.6 Å². The molecular weight excluding hydrogens is 240 g/mol. The molecule has 7 nitrogen and oxygen atoms in total. The molecule has 0 fully saturated rings. The summed E-state index contributed by atoms with van der Waals surface area (Å²) in [5, 5.41) is 20.2. The molecule has 0 saturated carbocycles. The lowest BCUT2D eigenvalue weighted by Crippen LogP contribution is -2.14. The van der Waals surface area contributed by atoms with Crippen molar-refractivity contribution in [3.8, 4) is 0 Å². The molecule has 0 heterocycles. The van der Waals surface area contributed by atoms with E-state index in [1.807, 2.05) is 0 Å². The van der Waals surface area contributed by atoms with Gasteiger partial charge in [0, 0.05) is 11.0 Å². The van der Waals surface area contributed by atoms with Crippen LogP contribution in [0.2, 0.25) is 5.02 Å². The quantitative estimate of drug-likeness (QED) is 0.455. The average Bonchev–Trinajstić information content (AvgIpc) is 2.16. The van der Waals surface area contributed by atoms with Crippen molar-refractivity contribution in [2.24, 2.45) is 0 Å². The van der Waals surface area contributed by atoms with Gasteiger partial charge in [0.05, 0.1) is 10.5 Å². The molecule has 0 aromatic heterocycles. The first-order valence-electron chi connectivity index (χ1n) is 4.01. The fourth-order valence-corrected chi connectivity index (χ4v) is 1.38. The van der Waals surface area contributed by atoms with Crippen LogP contribution in [0.15, 0.2) is 18.2 Å². The fraction of sp³-hybridized carbons (Fsp3) is 0.125. The highest BCUT2D eigenvalue weighted by molar-refractivity contribution is 6.36. The number of carbonyl (C=O) groups is 1. The number of Topliss-reactive ketones (excluding diaryl/α,β-unsaturated/α-hetero) is 1. The van der Waals surface area contributed by atoms with Gasteiger partial charge < -0.3 is 0 Å². The minimum Gasteiger partial charge on any atom is -0.287 e. The summed E-state index contributed by atoms with van der Waals surface area (Å²) in [6.45, 7) is -0.944. The van der Waals surface area contributed by atoms with Gasteiger partial charge >= 0.3 is 0 Å². The van der Waals surface area contributed by atoms with Gasteiger partial charge in [0.25, 0.3) is 12.2 Å². The first kappa shape index (κ1) is 12.1. The van der Waals surface area contributed by atoms with Gasteiger partial charge in [-0.2, -0.15) is 0 Å². The summed E-state index contributed by atoms with van der Waals surface area (Å²) in [5.41, 5.74) is -0.663. The van der Waals surface area contributed by atoms with E-state index in [1.165, 1.54) is 12.1 Å². The van der Waals surface area contributed by atoms with E-state index in [4.69, 9.17) is 11.6 Å². The zero-order chi connectivity index (χ0) is 12.3. The van der Waals surface area contributed by atoms with Gasteiger partial charge in [-0.1, -0.05) is 17.7 Å². The molecule has 1 aromatic rings. The van der Waals surface area contributed by atoms with Crippen LogP contribution in [0.3, 0.4) is 0 Å². The molecule has 16 heavy (non-hydrogen) atoms. The third kappa shape index (κ3) is 2.51. The van der Waals surface area contributed by atoms with E-state index in [2.05, 4.69) is 0 Å². The predicted octanol–water partition coefficient (Wildman–Crippen LogP) is 1.71. The van der Waals surface area contributed by atoms with Crippen molar-refractivity contribution in [1.82, 2.24) is 0 Å². The van der Waals surface area contributed by atoms with Gasteiger partial charge in [-0.3, -0.25) is 25.0 Å². The average molecular weight is 245 g/mol. The number of carbonyl (C=O) groups excluding carboxylic acids is 1. The fourth-order valence-electron chi connectivity index (χ4n) is 1.08. The Labute approximate surface area is 93.9 Å². The number of nitro benzene ring substituents is 1. The van der Waals surface area contributed by atoms with Gasteiger partial charge in [0.1, 0.15) is 5.02 Å². The Morgan fingerprint density at radius 1 is 1.31 bits per heavy atom. The van der Waals surface area contributed by atoms with Crippen LogP contribution in [0.1, 0.15) is 10.4 Å². The normalized spacial score (nSPS) is 9.81. The number of nitrogens with zero attached hydrogens (tertiary/aromatic N) is 2. The van der Waals surface area contributed by atoms with Crippen molar-refractivity contribution >= 4 is 23.1 Å². The first-order chi connectivity index (χ1) is 7.43. The van der Waals surface area contributed by atoms with Gasteiger partial charge in [-0.05, 0) is 6.07 Å². The molecule has 0 atom stereocenters. The van der Waals surface area contributed by atoms with Crippen molar-refractivity contribution in [2.75, 3.05) is 6.54 Å². The minimum absolute atomic E-state index is 0.215. The third-order valence-electron chi connectivity index (χ3n) is 1.75. The van der Waals surface area contributed by atoms with E-state index in [9.17, 15) is 25.0 Å². The number of hydrogen-bond donors (Lipinski definition) is 0. The van der Waals surface area contributed by atoms with Crippen molar-refractivity contribution < 1.29 is 14.6 Å². The Hall–Kier alpha value is -2.02. The van der Waals surface area contributed by atoms with Gasteiger partial charge in [0.2, 0.25) is 5.78 Å². The first-order valence-corrected chi connectivity index (χ1v) is 4.39. The Morgan fingerprint density at radius 2 is 1.94 bits per heavy atom. The van der Waals surface area contributed by atoms with E-state index >= 15 is 0 Å². The number of benzene rings is 1. The number of nitro groups is 2. The molecule has 0 unspecified atom stereocenters. The largest absolute Gasteiger partial charge is 0.288 e. The summed E-state index contributed by atoms with van der Waals surface area (Å²) < 4.78 is 0. The van der Waals surface area contributed by atoms with Crippen molar-refractivity contribution in [2.45, 2.75) is 0 Å². The molecule has 0 aliphatic rings. The van der Waals surface area contributed by atoms with E-state index in [-0.39, 0.29) is 10.6 Å². The minimum atomic E-state index is -0.944. The van der Waals surface area contributed by atoms with E-state index in [1.54, 1.807) is 0 Å². The van der Waals surface area contributed by atoms with Gasteiger partial charge in [-0.25, -0.2) is 0 Å². The van der Waals surface area contributed by atoms with Gasteiger partial charge in [0.15, 0.2) is 0 Å². The molecule has 8 heteroatoms. The van der Waals surface area contributed by atoms with Crippen LogP contribution in [0.4, 0.5) is 5.69 Å². The summed E-state index contributed by atoms with van der Waals surface area (Å²) in [5.74, 6) is -0.862. The van der Waals surface area contributed by atoms with Crippen LogP contribution in [-0.4, -0.2) is 22.2 Å². The maximum absolute atomic E-state index is 11.3. The molecule has 1 aromatic carbocycles. The number of hydrogen-bond acceptors (Lipinski definition) is 5. The second-order valence-corrected chi connectivity index (χ2v) is 3.19. The van der Waals surface area contributed by atoms with Crippen LogP contribution in [0.5, 0.6) is 0 Å². The molecule has 0 saturated heterocycles. The SMILES string of the molecule is O=C(C[N+](=O)[O-])c1cccc([N+](=O)[O-])c1Cl. The molecule has 0 spiro atoms. The highest BCUT2D eigenvalue weighted by Gasteiger charge is 2.22. The number of halogens is 1. The van der Waals surface area contributed by atoms with Crippen LogP contribution in [0, 0.1) is 20.2 Å². The van der Waals surface area contributed by atoms with Crippen LogP contribution < -0.4 is 0 Å². The summed E-state index contributed by atoms with van der Waals surface area (Å²) in [7, 11) is 0. The highest BCUT2D eigenvalue weighted by Crippen LogP contribution is 2.27. The lowest BCUT2D eigenvalue weighted by Gasteiger charge is -2.00. The number of ketones is 1. The Bertz CT molecular complexity index is 473. The monoisotopic (exact) mass is 244 g/mol. The smallest absolute Gasteiger partial charge is 0.287 e. The molecule has 0 aliphatic heterocycles. The summed E-state index contributed by atoms with van der Waals surface area (Å²) in [6.07, 6.45) is 0. The highest BCUT2D eigenvalue weighted by atomic mass is 35.5. The van der Waals surface area contributed by atoms with Gasteiger partial charge in [-0.15, -0.1) is 0 Å². The summed E-state index contributed by atoms with van der Waals surface area (Å²) in [4.78, 5) is 30.3. The maximum atomic E-state index is 11.3. The third-order valence-corrected chi connectivity index (χ3v) is 2.15. The Balaban J connectivity index is 3.15. The lowest BCUT2D eigenvalue weighted by atomic mass is 10.1. The lowest BCUT2D eigenvalue weighted by molar-refractivity contribution is -0.465. The molecular formula is C8H5ClN2O5. The van der Waals surface area contributed by atoms with Crippen molar-refractivity contribution in [3.63, 3.8) is 0 Å². The van der Waals surface area contributed by atoms with Crippen LogP contribution in [0.25, 0.3) is 0 Å². The van der Waals surface area contributed by atoms with E-state index in [0.717, 1.165) is 6.07 Å². The molecule has 84 valence electrons. The molecule has 1 rings (SSSR count). The second kappa shape index (κ2) is 4.67. The zero-order valence-corrected chi connectivity index (χ0v) is 8.51. The number of rotatable bonds is 4.